The molecule has 0 bridgehead atoms. The fourth-order valence-electron chi connectivity index (χ4n) is 0.880. The van der Waals surface area contributed by atoms with Gasteiger partial charge in [-0.1, -0.05) is 0 Å². The SMILES string of the molecule is COC(C)(C)Cn1ccc(Br)n1. The predicted molar refractivity (Wildman–Crippen MR) is 51.0 cm³/mol. The lowest BCUT2D eigenvalue weighted by Gasteiger charge is -2.22. The van der Waals surface area contributed by atoms with Crippen LogP contribution in [-0.4, -0.2) is 22.5 Å². The van der Waals surface area contributed by atoms with E-state index in [0.29, 0.717) is 0 Å². The van der Waals surface area contributed by atoms with Gasteiger partial charge >= 0.3 is 0 Å². The van der Waals surface area contributed by atoms with Crippen LogP contribution < -0.4 is 0 Å². The first kappa shape index (κ1) is 9.74. The first-order valence-corrected chi connectivity index (χ1v) is 4.57. The minimum atomic E-state index is -0.161. The highest BCUT2D eigenvalue weighted by molar-refractivity contribution is 9.10. The molecule has 12 heavy (non-hydrogen) atoms. The number of ether oxygens (including phenoxy) is 1. The van der Waals surface area contributed by atoms with Crippen molar-refractivity contribution < 1.29 is 4.74 Å². The van der Waals surface area contributed by atoms with Gasteiger partial charge in [-0.15, -0.1) is 0 Å². The smallest absolute Gasteiger partial charge is 0.128 e. The van der Waals surface area contributed by atoms with E-state index in [1.54, 1.807) is 7.11 Å². The fourth-order valence-corrected chi connectivity index (χ4v) is 1.20. The maximum atomic E-state index is 5.27. The van der Waals surface area contributed by atoms with Crippen LogP contribution in [0.25, 0.3) is 0 Å². The molecule has 0 unspecified atom stereocenters. The second kappa shape index (κ2) is 3.58. The molecule has 0 aromatic carbocycles. The van der Waals surface area contributed by atoms with Crippen molar-refractivity contribution >= 4 is 15.9 Å². The van der Waals surface area contributed by atoms with Gasteiger partial charge in [-0.25, -0.2) is 0 Å². The van der Waals surface area contributed by atoms with Gasteiger partial charge in [0, 0.05) is 13.3 Å². The van der Waals surface area contributed by atoms with E-state index in [-0.39, 0.29) is 5.60 Å². The van der Waals surface area contributed by atoms with Crippen LogP contribution in [0.2, 0.25) is 0 Å². The Morgan fingerprint density at radius 3 is 2.75 bits per heavy atom. The van der Waals surface area contributed by atoms with E-state index < -0.39 is 0 Å². The Kier molecular flexibility index (Phi) is 2.90. The standard InChI is InChI=1S/C8H13BrN2O/c1-8(2,12-3)6-11-5-4-7(9)10-11/h4-5H,6H2,1-3H3. The van der Waals surface area contributed by atoms with Crippen LogP contribution in [-0.2, 0) is 11.3 Å². The molecule has 0 N–H and O–H groups in total. The van der Waals surface area contributed by atoms with E-state index in [2.05, 4.69) is 21.0 Å². The Morgan fingerprint density at radius 2 is 2.33 bits per heavy atom. The maximum absolute atomic E-state index is 5.27. The second-order valence-electron chi connectivity index (χ2n) is 3.30. The molecule has 0 aliphatic heterocycles. The number of halogens is 1. The predicted octanol–water partition coefficient (Wildman–Crippen LogP) is 2.07. The van der Waals surface area contributed by atoms with Gasteiger partial charge < -0.3 is 4.74 Å². The zero-order valence-electron chi connectivity index (χ0n) is 7.54. The molecule has 3 nitrogen and oxygen atoms in total. The van der Waals surface area contributed by atoms with Gasteiger partial charge in [0.25, 0.3) is 0 Å². The molecule has 0 radical (unpaired) electrons. The third-order valence-corrected chi connectivity index (χ3v) is 2.13. The Bertz CT molecular complexity index is 257. The number of aromatic nitrogens is 2. The third kappa shape index (κ3) is 2.60. The van der Waals surface area contributed by atoms with E-state index in [4.69, 9.17) is 4.74 Å². The van der Waals surface area contributed by atoms with Crippen LogP contribution in [0.5, 0.6) is 0 Å². The second-order valence-corrected chi connectivity index (χ2v) is 4.11. The van der Waals surface area contributed by atoms with E-state index in [1.165, 1.54) is 0 Å². The van der Waals surface area contributed by atoms with Crippen molar-refractivity contribution in [2.24, 2.45) is 0 Å². The molecule has 68 valence electrons. The zero-order chi connectivity index (χ0) is 9.19. The molecule has 1 rings (SSSR count). The van der Waals surface area contributed by atoms with Crippen molar-refractivity contribution in [3.05, 3.63) is 16.9 Å². The van der Waals surface area contributed by atoms with Gasteiger partial charge in [0.2, 0.25) is 0 Å². The average Bonchev–Trinajstić information content (AvgIpc) is 2.35. The van der Waals surface area contributed by atoms with Crippen LogP contribution in [0.15, 0.2) is 16.9 Å². The van der Waals surface area contributed by atoms with Crippen molar-refractivity contribution in [2.45, 2.75) is 26.0 Å². The van der Waals surface area contributed by atoms with Crippen LogP contribution in [0.4, 0.5) is 0 Å². The average molecular weight is 233 g/mol. The van der Waals surface area contributed by atoms with Crippen LogP contribution in [0.1, 0.15) is 13.8 Å². The highest BCUT2D eigenvalue weighted by Crippen LogP contribution is 2.12. The summed E-state index contributed by atoms with van der Waals surface area (Å²) in [5.41, 5.74) is -0.161. The molecule has 0 amide bonds. The molecular weight excluding hydrogens is 220 g/mol. The Morgan fingerprint density at radius 1 is 1.67 bits per heavy atom. The Balaban J connectivity index is 2.63. The fraction of sp³-hybridized carbons (Fsp3) is 0.625. The maximum Gasteiger partial charge on any atom is 0.128 e. The summed E-state index contributed by atoms with van der Waals surface area (Å²) in [6, 6.07) is 1.91. The first-order chi connectivity index (χ1) is 5.53. The molecule has 4 heteroatoms. The number of nitrogens with zero attached hydrogens (tertiary/aromatic N) is 2. The first-order valence-electron chi connectivity index (χ1n) is 3.77. The molecule has 0 saturated heterocycles. The topological polar surface area (TPSA) is 27.1 Å². The van der Waals surface area contributed by atoms with E-state index in [1.807, 2.05) is 30.8 Å². The van der Waals surface area contributed by atoms with Gasteiger partial charge in [-0.2, -0.15) is 5.10 Å². The van der Waals surface area contributed by atoms with Crippen LogP contribution >= 0.6 is 15.9 Å². The van der Waals surface area contributed by atoms with Gasteiger partial charge in [0.1, 0.15) is 4.60 Å². The zero-order valence-corrected chi connectivity index (χ0v) is 9.13. The number of rotatable bonds is 3. The molecular formula is C8H13BrN2O. The highest BCUT2D eigenvalue weighted by Gasteiger charge is 2.17. The van der Waals surface area contributed by atoms with Gasteiger partial charge in [0.05, 0.1) is 12.1 Å². The lowest BCUT2D eigenvalue weighted by molar-refractivity contribution is 0.00535. The van der Waals surface area contributed by atoms with E-state index in [0.717, 1.165) is 11.1 Å². The molecule has 0 atom stereocenters. The number of hydrogen-bond acceptors (Lipinski definition) is 2. The largest absolute Gasteiger partial charge is 0.377 e. The van der Waals surface area contributed by atoms with Gasteiger partial charge in [0.15, 0.2) is 0 Å². The summed E-state index contributed by atoms with van der Waals surface area (Å²) in [6.45, 7) is 4.82. The summed E-state index contributed by atoms with van der Waals surface area (Å²) < 4.78 is 7.99. The van der Waals surface area contributed by atoms with Gasteiger partial charge in [-0.3, -0.25) is 4.68 Å². The quantitative estimate of drug-likeness (QED) is 0.799. The summed E-state index contributed by atoms with van der Waals surface area (Å²) in [6.07, 6.45) is 1.92. The number of methoxy groups -OCH3 is 1. The lowest BCUT2D eigenvalue weighted by atomic mass is 10.1. The van der Waals surface area contributed by atoms with Crippen molar-refractivity contribution in [3.63, 3.8) is 0 Å². The number of hydrogen-bond donors (Lipinski definition) is 0. The Labute approximate surface area is 80.8 Å². The van der Waals surface area contributed by atoms with Crippen molar-refractivity contribution in [3.8, 4) is 0 Å². The minimum absolute atomic E-state index is 0.161. The summed E-state index contributed by atoms with van der Waals surface area (Å²) in [5.74, 6) is 0. The molecule has 1 aromatic heterocycles. The van der Waals surface area contributed by atoms with Crippen molar-refractivity contribution in [2.75, 3.05) is 7.11 Å². The molecule has 0 saturated carbocycles. The molecule has 0 aliphatic carbocycles. The minimum Gasteiger partial charge on any atom is -0.377 e. The third-order valence-electron chi connectivity index (χ3n) is 1.70. The lowest BCUT2D eigenvalue weighted by Crippen LogP contribution is -2.29. The van der Waals surface area contributed by atoms with Crippen molar-refractivity contribution in [1.82, 2.24) is 9.78 Å². The highest BCUT2D eigenvalue weighted by atomic mass is 79.9. The van der Waals surface area contributed by atoms with E-state index in [9.17, 15) is 0 Å². The summed E-state index contributed by atoms with van der Waals surface area (Å²) in [7, 11) is 1.71. The van der Waals surface area contributed by atoms with Crippen LogP contribution in [0, 0.1) is 0 Å². The molecule has 0 spiro atoms. The monoisotopic (exact) mass is 232 g/mol. The summed E-state index contributed by atoms with van der Waals surface area (Å²) >= 11 is 3.29. The normalized spacial score (nSPS) is 12.0. The summed E-state index contributed by atoms with van der Waals surface area (Å²) in [5, 5.41) is 4.20. The van der Waals surface area contributed by atoms with Crippen molar-refractivity contribution in [1.29, 1.82) is 0 Å². The molecule has 1 heterocycles. The molecule has 0 fully saturated rings. The van der Waals surface area contributed by atoms with Crippen LogP contribution in [0.3, 0.4) is 0 Å². The molecule has 0 aliphatic rings. The Hall–Kier alpha value is -0.350. The van der Waals surface area contributed by atoms with Gasteiger partial charge in [-0.05, 0) is 35.8 Å². The molecule has 1 aromatic rings. The summed E-state index contributed by atoms with van der Waals surface area (Å²) in [4.78, 5) is 0. The van der Waals surface area contributed by atoms with E-state index >= 15 is 0 Å².